The maximum Gasteiger partial charge on any atom is 0.573 e. The summed E-state index contributed by atoms with van der Waals surface area (Å²) in [6.45, 7) is 3.14. The van der Waals surface area contributed by atoms with Gasteiger partial charge in [0.1, 0.15) is 0 Å². The number of halogens is 5. The Balaban J connectivity index is 0.00000288. The van der Waals surface area contributed by atoms with Crippen molar-refractivity contribution in [3.8, 4) is 5.75 Å². The molecule has 1 atom stereocenters. The number of hydrogen-bond acceptors (Lipinski definition) is 4. The Morgan fingerprint density at radius 1 is 1.25 bits per heavy atom. The minimum absolute atomic E-state index is 0. The zero-order valence-electron chi connectivity index (χ0n) is 13.0. The van der Waals surface area contributed by atoms with Gasteiger partial charge in [0.15, 0.2) is 11.6 Å². The van der Waals surface area contributed by atoms with Crippen molar-refractivity contribution in [2.24, 2.45) is 0 Å². The molecule has 9 heteroatoms. The number of ether oxygens (including phenoxy) is 1. The lowest BCUT2D eigenvalue weighted by molar-refractivity contribution is -0.275. The molecule has 1 heterocycles. The third-order valence-electron chi connectivity index (χ3n) is 3.79. The normalized spacial score (nSPS) is 17.2. The summed E-state index contributed by atoms with van der Waals surface area (Å²) in [7, 11) is 0. The Bertz CT molecular complexity index is 511. The molecule has 0 amide bonds. The maximum atomic E-state index is 13.9. The van der Waals surface area contributed by atoms with E-state index < -0.39 is 17.9 Å². The molecular weight excluding hydrogens is 352 g/mol. The van der Waals surface area contributed by atoms with Gasteiger partial charge in [-0.2, -0.15) is 0 Å². The van der Waals surface area contributed by atoms with Crippen molar-refractivity contribution in [2.45, 2.75) is 25.2 Å². The molecule has 2 N–H and O–H groups in total. The molecule has 1 saturated heterocycles. The van der Waals surface area contributed by atoms with E-state index in [4.69, 9.17) is 5.11 Å². The molecule has 0 saturated carbocycles. The van der Waals surface area contributed by atoms with E-state index >= 15 is 0 Å². The number of nitrogens with zero attached hydrogens (tertiary/aromatic N) is 1. The molecule has 1 aromatic carbocycles. The summed E-state index contributed by atoms with van der Waals surface area (Å²) in [5.41, 5.74) is 0.590. The Morgan fingerprint density at radius 3 is 2.46 bits per heavy atom. The largest absolute Gasteiger partial charge is 0.573 e. The van der Waals surface area contributed by atoms with Crippen LogP contribution in [-0.2, 0) is 0 Å². The van der Waals surface area contributed by atoms with Crippen LogP contribution in [0.5, 0.6) is 5.75 Å². The van der Waals surface area contributed by atoms with Crippen molar-refractivity contribution in [3.05, 3.63) is 29.6 Å². The molecular formula is C15H21ClF4N2O2. The van der Waals surface area contributed by atoms with E-state index in [0.29, 0.717) is 18.4 Å². The molecule has 0 aromatic heterocycles. The first-order valence-electron chi connectivity index (χ1n) is 7.51. The molecule has 0 radical (unpaired) electrons. The van der Waals surface area contributed by atoms with Gasteiger partial charge in [-0.1, -0.05) is 6.07 Å². The number of nitrogens with one attached hydrogen (secondary N) is 1. The third-order valence-corrected chi connectivity index (χ3v) is 3.79. The standard InChI is InChI=1S/C15H20F4N2O2.ClH/c16-12-10-11(3-4-14(12)23-15(17,18)19)13(2-1-9-22)21-7-5-20-6-8-21;/h3-4,10,13,20,22H,1-2,5-9H2;1H/t13-;/m1./s1. The van der Waals surface area contributed by atoms with Crippen molar-refractivity contribution in [3.63, 3.8) is 0 Å². The molecule has 0 unspecified atom stereocenters. The smallest absolute Gasteiger partial charge is 0.403 e. The predicted octanol–water partition coefficient (Wildman–Crippen LogP) is 2.86. The van der Waals surface area contributed by atoms with Crippen LogP contribution in [0, 0.1) is 5.82 Å². The van der Waals surface area contributed by atoms with Gasteiger partial charge in [0.25, 0.3) is 0 Å². The van der Waals surface area contributed by atoms with Crippen LogP contribution < -0.4 is 10.1 Å². The molecule has 24 heavy (non-hydrogen) atoms. The first-order chi connectivity index (χ1) is 10.9. The van der Waals surface area contributed by atoms with Crippen molar-refractivity contribution < 1.29 is 27.4 Å². The van der Waals surface area contributed by atoms with Gasteiger partial charge in [0.05, 0.1) is 0 Å². The van der Waals surface area contributed by atoms with Gasteiger partial charge in [-0.15, -0.1) is 25.6 Å². The van der Waals surface area contributed by atoms with E-state index in [0.717, 1.165) is 38.3 Å². The van der Waals surface area contributed by atoms with E-state index in [2.05, 4.69) is 15.0 Å². The van der Waals surface area contributed by atoms with E-state index in [-0.39, 0.29) is 25.1 Å². The highest BCUT2D eigenvalue weighted by Gasteiger charge is 2.32. The summed E-state index contributed by atoms with van der Waals surface area (Å²) in [6.07, 6.45) is -3.77. The van der Waals surface area contributed by atoms with E-state index in [9.17, 15) is 17.6 Å². The molecule has 0 bridgehead atoms. The highest BCUT2D eigenvalue weighted by Crippen LogP contribution is 2.31. The van der Waals surface area contributed by atoms with Gasteiger partial charge < -0.3 is 15.2 Å². The zero-order valence-corrected chi connectivity index (χ0v) is 13.8. The maximum absolute atomic E-state index is 13.9. The molecule has 2 rings (SSSR count). The molecule has 4 nitrogen and oxygen atoms in total. The second kappa shape index (κ2) is 9.41. The minimum Gasteiger partial charge on any atom is -0.403 e. The average molecular weight is 373 g/mol. The number of benzene rings is 1. The first kappa shape index (κ1) is 21.0. The summed E-state index contributed by atoms with van der Waals surface area (Å²) < 4.78 is 54.2. The topological polar surface area (TPSA) is 44.7 Å². The van der Waals surface area contributed by atoms with Gasteiger partial charge >= 0.3 is 6.36 Å². The van der Waals surface area contributed by atoms with Crippen molar-refractivity contribution in [2.75, 3.05) is 32.8 Å². The Morgan fingerprint density at radius 2 is 1.92 bits per heavy atom. The fourth-order valence-electron chi connectivity index (χ4n) is 2.77. The summed E-state index contributed by atoms with van der Waals surface area (Å²) in [6, 6.07) is 3.41. The van der Waals surface area contributed by atoms with E-state index in [1.54, 1.807) is 0 Å². The fourth-order valence-corrected chi connectivity index (χ4v) is 2.77. The summed E-state index contributed by atoms with van der Waals surface area (Å²) in [5, 5.41) is 12.3. The van der Waals surface area contributed by atoms with E-state index in [1.807, 2.05) is 0 Å². The quantitative estimate of drug-likeness (QED) is 0.754. The SMILES string of the molecule is Cl.OCCC[C@H](c1ccc(OC(F)(F)F)c(F)c1)N1CCNCC1. The predicted molar refractivity (Wildman–Crippen MR) is 83.8 cm³/mol. The molecule has 1 fully saturated rings. The van der Waals surface area contributed by atoms with Gasteiger partial charge in [-0.05, 0) is 30.5 Å². The fraction of sp³-hybridized carbons (Fsp3) is 0.600. The lowest BCUT2D eigenvalue weighted by Gasteiger charge is -2.35. The number of rotatable bonds is 6. The van der Waals surface area contributed by atoms with Crippen LogP contribution in [0.15, 0.2) is 18.2 Å². The second-order valence-electron chi connectivity index (χ2n) is 5.41. The molecule has 1 aliphatic heterocycles. The van der Waals surface area contributed by atoms with Crippen molar-refractivity contribution in [1.82, 2.24) is 10.2 Å². The lowest BCUT2D eigenvalue weighted by atomic mass is 9.99. The molecule has 1 aromatic rings. The Labute approximate surface area is 144 Å². The summed E-state index contributed by atoms with van der Waals surface area (Å²) in [5.74, 6) is -1.87. The van der Waals surface area contributed by atoms with Gasteiger partial charge in [0, 0.05) is 38.8 Å². The number of alkyl halides is 3. The van der Waals surface area contributed by atoms with Gasteiger partial charge in [-0.3, -0.25) is 4.90 Å². The number of aliphatic hydroxyl groups excluding tert-OH is 1. The monoisotopic (exact) mass is 372 g/mol. The zero-order chi connectivity index (χ0) is 16.9. The Kier molecular flexibility index (Phi) is 8.21. The molecule has 1 aliphatic rings. The van der Waals surface area contributed by atoms with Gasteiger partial charge in [0.2, 0.25) is 0 Å². The van der Waals surface area contributed by atoms with Crippen LogP contribution in [0.2, 0.25) is 0 Å². The highest BCUT2D eigenvalue weighted by molar-refractivity contribution is 5.85. The average Bonchev–Trinajstić information content (AvgIpc) is 2.50. The van der Waals surface area contributed by atoms with Crippen LogP contribution in [0.1, 0.15) is 24.4 Å². The van der Waals surface area contributed by atoms with Crippen molar-refractivity contribution >= 4 is 12.4 Å². The van der Waals surface area contributed by atoms with Crippen LogP contribution in [-0.4, -0.2) is 49.2 Å². The minimum atomic E-state index is -4.92. The van der Waals surface area contributed by atoms with Crippen molar-refractivity contribution in [1.29, 1.82) is 0 Å². The van der Waals surface area contributed by atoms with Crippen LogP contribution in [0.4, 0.5) is 17.6 Å². The number of hydrogen-bond donors (Lipinski definition) is 2. The number of piperazine rings is 1. The van der Waals surface area contributed by atoms with Crippen LogP contribution in [0.3, 0.4) is 0 Å². The summed E-state index contributed by atoms with van der Waals surface area (Å²) >= 11 is 0. The van der Waals surface area contributed by atoms with Crippen LogP contribution >= 0.6 is 12.4 Å². The first-order valence-corrected chi connectivity index (χ1v) is 7.51. The van der Waals surface area contributed by atoms with Gasteiger partial charge in [-0.25, -0.2) is 4.39 Å². The third kappa shape index (κ3) is 6.08. The Hall–Kier alpha value is -1.09. The molecule has 0 spiro atoms. The summed E-state index contributed by atoms with van der Waals surface area (Å²) in [4.78, 5) is 2.14. The van der Waals surface area contributed by atoms with Crippen LogP contribution in [0.25, 0.3) is 0 Å². The highest BCUT2D eigenvalue weighted by atomic mass is 35.5. The lowest BCUT2D eigenvalue weighted by Crippen LogP contribution is -2.45. The molecule has 138 valence electrons. The second-order valence-corrected chi connectivity index (χ2v) is 5.41. The van der Waals surface area contributed by atoms with E-state index in [1.165, 1.54) is 6.07 Å². The molecule has 0 aliphatic carbocycles. The number of aliphatic hydroxyl groups is 1.